The summed E-state index contributed by atoms with van der Waals surface area (Å²) in [6, 6.07) is 9.78. The molecule has 1 fully saturated rings. The molecule has 0 bridgehead atoms. The van der Waals surface area contributed by atoms with E-state index >= 15 is 0 Å². The molecule has 110 valence electrons. The summed E-state index contributed by atoms with van der Waals surface area (Å²) in [5.74, 6) is 0.471. The molecule has 0 aromatic heterocycles. The summed E-state index contributed by atoms with van der Waals surface area (Å²) < 4.78 is 5.66. The van der Waals surface area contributed by atoms with Gasteiger partial charge in [-0.15, -0.1) is 0 Å². The van der Waals surface area contributed by atoms with Crippen molar-refractivity contribution in [3.63, 3.8) is 0 Å². The molecule has 0 saturated carbocycles. The third-order valence-electron chi connectivity index (χ3n) is 3.72. The van der Waals surface area contributed by atoms with Gasteiger partial charge >= 0.3 is 5.97 Å². The van der Waals surface area contributed by atoms with Crippen molar-refractivity contribution in [2.24, 2.45) is 11.8 Å². The number of hydrogen-bond acceptors (Lipinski definition) is 3. The van der Waals surface area contributed by atoms with Gasteiger partial charge < -0.3 is 14.7 Å². The fourth-order valence-electron chi connectivity index (χ4n) is 2.82. The Hall–Kier alpha value is -1.55. The van der Waals surface area contributed by atoms with E-state index in [0.29, 0.717) is 19.1 Å². The molecule has 1 aliphatic heterocycles. The van der Waals surface area contributed by atoms with Gasteiger partial charge in [0.15, 0.2) is 0 Å². The molecule has 2 rings (SSSR count). The zero-order valence-electron chi connectivity index (χ0n) is 12.0. The molecule has 1 saturated heterocycles. The molecule has 0 amide bonds. The van der Waals surface area contributed by atoms with Crippen LogP contribution in [0, 0.1) is 11.8 Å². The van der Waals surface area contributed by atoms with E-state index < -0.39 is 5.97 Å². The molecule has 0 radical (unpaired) electrons. The molecule has 20 heavy (non-hydrogen) atoms. The number of aliphatic carboxylic acids is 1. The Balaban J connectivity index is 1.69. The highest BCUT2D eigenvalue weighted by Gasteiger charge is 2.28. The van der Waals surface area contributed by atoms with Crippen molar-refractivity contribution < 1.29 is 14.6 Å². The molecule has 1 aliphatic rings. The third kappa shape index (κ3) is 4.53. The minimum atomic E-state index is -0.665. The normalized spacial score (nSPS) is 23.4. The lowest BCUT2D eigenvalue weighted by molar-refractivity contribution is -0.144. The van der Waals surface area contributed by atoms with Crippen molar-refractivity contribution in [1.29, 1.82) is 0 Å². The molecular weight excluding hydrogens is 254 g/mol. The Bertz CT molecular complexity index is 421. The molecule has 0 aliphatic carbocycles. The molecule has 2 atom stereocenters. The second-order valence-corrected chi connectivity index (χ2v) is 5.65. The van der Waals surface area contributed by atoms with Gasteiger partial charge in [0.2, 0.25) is 0 Å². The standard InChI is InChI=1S/C16H23NO3/c1-13-10-14(16(18)19)12-17(11-13)8-5-9-20-15-6-3-2-4-7-15/h2-4,6-7,13-14H,5,8-12H2,1H3,(H,18,19). The number of benzene rings is 1. The second kappa shape index (κ2) is 7.29. The first kappa shape index (κ1) is 14.9. The van der Waals surface area contributed by atoms with Crippen molar-refractivity contribution in [2.45, 2.75) is 19.8 Å². The van der Waals surface area contributed by atoms with Crippen LogP contribution in [0.1, 0.15) is 19.8 Å². The summed E-state index contributed by atoms with van der Waals surface area (Å²) in [5, 5.41) is 9.14. The first-order valence-corrected chi connectivity index (χ1v) is 7.28. The number of likely N-dealkylation sites (tertiary alicyclic amines) is 1. The molecule has 1 aromatic rings. The molecule has 4 nitrogen and oxygen atoms in total. The number of hydrogen-bond donors (Lipinski definition) is 1. The highest BCUT2D eigenvalue weighted by molar-refractivity contribution is 5.70. The van der Waals surface area contributed by atoms with Gasteiger partial charge in [-0.1, -0.05) is 25.1 Å². The Morgan fingerprint density at radius 1 is 1.35 bits per heavy atom. The summed E-state index contributed by atoms with van der Waals surface area (Å²) in [6.45, 7) is 5.37. The van der Waals surface area contributed by atoms with Gasteiger partial charge in [0.05, 0.1) is 12.5 Å². The number of ether oxygens (including phenoxy) is 1. The van der Waals surface area contributed by atoms with E-state index in [0.717, 1.165) is 31.7 Å². The van der Waals surface area contributed by atoms with Crippen molar-refractivity contribution in [1.82, 2.24) is 4.90 Å². The predicted octanol–water partition coefficient (Wildman–Crippen LogP) is 2.50. The lowest BCUT2D eigenvalue weighted by Crippen LogP contribution is -2.43. The highest BCUT2D eigenvalue weighted by atomic mass is 16.5. The van der Waals surface area contributed by atoms with Gasteiger partial charge in [-0.05, 0) is 30.9 Å². The molecule has 1 aromatic carbocycles. The maximum atomic E-state index is 11.1. The molecule has 2 unspecified atom stereocenters. The van der Waals surface area contributed by atoms with E-state index in [1.807, 2.05) is 30.3 Å². The summed E-state index contributed by atoms with van der Waals surface area (Å²) in [4.78, 5) is 13.4. The van der Waals surface area contributed by atoms with Gasteiger partial charge in [0.25, 0.3) is 0 Å². The van der Waals surface area contributed by atoms with E-state index in [-0.39, 0.29) is 5.92 Å². The monoisotopic (exact) mass is 277 g/mol. The van der Waals surface area contributed by atoms with Gasteiger partial charge in [-0.3, -0.25) is 4.79 Å². The van der Waals surface area contributed by atoms with Crippen molar-refractivity contribution in [3.05, 3.63) is 30.3 Å². The van der Waals surface area contributed by atoms with E-state index in [2.05, 4.69) is 11.8 Å². The fourth-order valence-corrected chi connectivity index (χ4v) is 2.82. The van der Waals surface area contributed by atoms with Crippen LogP contribution >= 0.6 is 0 Å². The van der Waals surface area contributed by atoms with E-state index in [1.54, 1.807) is 0 Å². The Labute approximate surface area is 120 Å². The largest absolute Gasteiger partial charge is 0.494 e. The van der Waals surface area contributed by atoms with Gasteiger partial charge in [-0.2, -0.15) is 0 Å². The molecule has 0 spiro atoms. The van der Waals surface area contributed by atoms with Crippen LogP contribution in [-0.4, -0.2) is 42.2 Å². The number of carboxylic acids is 1. The highest BCUT2D eigenvalue weighted by Crippen LogP contribution is 2.21. The zero-order valence-corrected chi connectivity index (χ0v) is 12.0. The van der Waals surface area contributed by atoms with Gasteiger partial charge in [-0.25, -0.2) is 0 Å². The van der Waals surface area contributed by atoms with Gasteiger partial charge in [0, 0.05) is 19.6 Å². The Morgan fingerprint density at radius 3 is 2.80 bits per heavy atom. The summed E-state index contributed by atoms with van der Waals surface area (Å²) >= 11 is 0. The average Bonchev–Trinajstić information content (AvgIpc) is 2.44. The lowest BCUT2D eigenvalue weighted by atomic mass is 9.90. The number of para-hydroxylation sites is 1. The van der Waals surface area contributed by atoms with Crippen LogP contribution in [0.2, 0.25) is 0 Å². The second-order valence-electron chi connectivity index (χ2n) is 5.65. The lowest BCUT2D eigenvalue weighted by Gasteiger charge is -2.34. The minimum absolute atomic E-state index is 0.214. The van der Waals surface area contributed by atoms with E-state index in [1.165, 1.54) is 0 Å². The van der Waals surface area contributed by atoms with E-state index in [9.17, 15) is 4.79 Å². The van der Waals surface area contributed by atoms with Gasteiger partial charge in [0.1, 0.15) is 5.75 Å². The maximum absolute atomic E-state index is 11.1. The Kier molecular flexibility index (Phi) is 5.41. The van der Waals surface area contributed by atoms with Crippen LogP contribution in [0.15, 0.2) is 30.3 Å². The number of nitrogens with zero attached hydrogens (tertiary/aromatic N) is 1. The number of piperidine rings is 1. The third-order valence-corrected chi connectivity index (χ3v) is 3.72. The summed E-state index contributed by atoms with van der Waals surface area (Å²) in [5.41, 5.74) is 0. The van der Waals surface area contributed by atoms with Crippen molar-refractivity contribution in [2.75, 3.05) is 26.2 Å². The molecule has 1 heterocycles. The molecule has 1 N–H and O–H groups in total. The molecule has 4 heteroatoms. The smallest absolute Gasteiger partial charge is 0.307 e. The van der Waals surface area contributed by atoms with E-state index in [4.69, 9.17) is 9.84 Å². The SMILES string of the molecule is CC1CC(C(=O)O)CN(CCCOc2ccccc2)C1. The fraction of sp³-hybridized carbons (Fsp3) is 0.562. The van der Waals surface area contributed by atoms with Crippen LogP contribution in [0.25, 0.3) is 0 Å². The van der Waals surface area contributed by atoms with Crippen LogP contribution in [0.3, 0.4) is 0 Å². The van der Waals surface area contributed by atoms with Crippen LogP contribution < -0.4 is 4.74 Å². The predicted molar refractivity (Wildman–Crippen MR) is 77.9 cm³/mol. The number of carbonyl (C=O) groups is 1. The number of carboxylic acid groups (broad SMARTS) is 1. The summed E-state index contributed by atoms with van der Waals surface area (Å²) in [6.07, 6.45) is 1.72. The summed E-state index contributed by atoms with van der Waals surface area (Å²) in [7, 11) is 0. The minimum Gasteiger partial charge on any atom is -0.494 e. The first-order valence-electron chi connectivity index (χ1n) is 7.28. The average molecular weight is 277 g/mol. The van der Waals surface area contributed by atoms with Crippen LogP contribution in [0.4, 0.5) is 0 Å². The zero-order chi connectivity index (χ0) is 14.4. The quantitative estimate of drug-likeness (QED) is 0.812. The topological polar surface area (TPSA) is 49.8 Å². The molecular formula is C16H23NO3. The van der Waals surface area contributed by atoms with Crippen LogP contribution in [-0.2, 0) is 4.79 Å². The van der Waals surface area contributed by atoms with Crippen molar-refractivity contribution >= 4 is 5.97 Å². The number of rotatable bonds is 6. The maximum Gasteiger partial charge on any atom is 0.307 e. The van der Waals surface area contributed by atoms with Crippen molar-refractivity contribution in [3.8, 4) is 5.75 Å². The Morgan fingerprint density at radius 2 is 2.10 bits per heavy atom. The van der Waals surface area contributed by atoms with Crippen LogP contribution in [0.5, 0.6) is 5.75 Å². The first-order chi connectivity index (χ1) is 9.65.